The first-order valence-electron chi connectivity index (χ1n) is 12.1. The van der Waals surface area contributed by atoms with Gasteiger partial charge in [0.2, 0.25) is 0 Å². The van der Waals surface area contributed by atoms with E-state index in [1.165, 1.54) is 11.8 Å². The Hall–Kier alpha value is -8.63. The summed E-state index contributed by atoms with van der Waals surface area (Å²) in [6, 6.07) is 0. The Balaban J connectivity index is 4.18. The van der Waals surface area contributed by atoms with E-state index in [9.17, 15) is 9.59 Å². The Kier molecular flexibility index (Phi) is 27.4. The fraction of sp³-hybridized carbons (Fsp3) is 0.0952. The molecule has 0 radical (unpaired) electrons. The van der Waals surface area contributed by atoms with E-state index < -0.39 is 11.9 Å². The minimum atomic E-state index is -0.537. The van der Waals surface area contributed by atoms with Crippen molar-refractivity contribution in [1.82, 2.24) is 0 Å². The fourth-order valence-corrected chi connectivity index (χ4v) is 2.44. The molecule has 0 saturated heterocycles. The fourth-order valence-electron chi connectivity index (χ4n) is 1.62. The van der Waals surface area contributed by atoms with E-state index in [-0.39, 0.29) is 12.8 Å². The van der Waals surface area contributed by atoms with Crippen LogP contribution in [0.1, 0.15) is 12.8 Å². The predicted molar refractivity (Wildman–Crippen MR) is 181 cm³/mol. The molecule has 0 amide bonds. The summed E-state index contributed by atoms with van der Waals surface area (Å²) >= 11 is 1.36. The van der Waals surface area contributed by atoms with Crippen LogP contribution in [-0.2, 0) is 19.1 Å². The monoisotopic (exact) mass is 610 g/mol. The molecule has 47 heavy (non-hydrogen) atoms. The lowest BCUT2D eigenvalue weighted by atomic mass is 10.5. The van der Waals surface area contributed by atoms with Crippen LogP contribution in [0.2, 0.25) is 0 Å². The lowest BCUT2D eigenvalue weighted by Gasteiger charge is -1.98. The zero-order chi connectivity index (χ0) is 34.1. The van der Waals surface area contributed by atoms with Gasteiger partial charge in [0.25, 0.3) is 0 Å². The minimum Gasteiger partial charge on any atom is -0.371 e. The molecule has 0 aliphatic carbocycles. The van der Waals surface area contributed by atoms with Crippen LogP contribution < -0.4 is 0 Å². The van der Waals surface area contributed by atoms with Crippen LogP contribution in [0.15, 0.2) is 0 Å². The van der Waals surface area contributed by atoms with E-state index in [0.717, 1.165) is 0 Å². The first-order chi connectivity index (χ1) is 23.2. The molecule has 208 valence electrons. The number of hydrogen-bond acceptors (Lipinski definition) is 5. The van der Waals surface area contributed by atoms with Crippen LogP contribution in [0.5, 0.6) is 0 Å². The SMILES string of the molecule is C#CC#CC#CC#CC#CC#CC#CC#CC#COC(=O)CCSCCC(=O)OC#CC#CC#CC#CC#CC#CC#CC#CC#C. The lowest BCUT2D eigenvalue weighted by Crippen LogP contribution is -2.04. The summed E-state index contributed by atoms with van der Waals surface area (Å²) in [5.41, 5.74) is 0. The van der Waals surface area contributed by atoms with Crippen LogP contribution in [0.3, 0.4) is 0 Å². The van der Waals surface area contributed by atoms with Gasteiger partial charge in [0.1, 0.15) is 12.2 Å². The molecule has 0 aromatic heterocycles. The van der Waals surface area contributed by atoms with Crippen LogP contribution in [-0.4, -0.2) is 23.4 Å². The van der Waals surface area contributed by atoms with Crippen molar-refractivity contribution in [3.63, 3.8) is 0 Å². The smallest absolute Gasteiger partial charge is 0.320 e. The molecule has 0 rings (SSSR count). The average Bonchev–Trinajstić information content (AvgIpc) is 3.07. The number of terminal acetylenes is 2. The third-order valence-corrected chi connectivity index (χ3v) is 4.21. The van der Waals surface area contributed by atoms with Gasteiger partial charge in [0.05, 0.1) is 12.8 Å². The van der Waals surface area contributed by atoms with Gasteiger partial charge >= 0.3 is 11.9 Å². The number of rotatable bonds is 6. The van der Waals surface area contributed by atoms with Crippen molar-refractivity contribution in [1.29, 1.82) is 0 Å². The second-order valence-electron chi connectivity index (χ2n) is 6.30. The zero-order valence-corrected chi connectivity index (χ0v) is 24.8. The summed E-state index contributed by atoms with van der Waals surface area (Å²) in [5, 5.41) is 0. The zero-order valence-electron chi connectivity index (χ0n) is 24.0. The lowest BCUT2D eigenvalue weighted by molar-refractivity contribution is -0.137. The number of hydrogen-bond donors (Lipinski definition) is 0. The van der Waals surface area contributed by atoms with Crippen LogP contribution >= 0.6 is 11.8 Å². The first kappa shape index (κ1) is 38.4. The van der Waals surface area contributed by atoms with E-state index >= 15 is 0 Å². The molecule has 0 aromatic carbocycles. The van der Waals surface area contributed by atoms with Crippen LogP contribution in [0.25, 0.3) is 0 Å². The Bertz CT molecular complexity index is 2210. The van der Waals surface area contributed by atoms with Crippen molar-refractivity contribution in [2.75, 3.05) is 11.5 Å². The molecular weight excluding hydrogens is 601 g/mol. The van der Waals surface area contributed by atoms with Crippen molar-refractivity contribution < 1.29 is 19.1 Å². The van der Waals surface area contributed by atoms with Crippen molar-refractivity contribution >= 4 is 23.7 Å². The Morgan fingerprint density at radius 1 is 0.362 bits per heavy atom. The van der Waals surface area contributed by atoms with Crippen molar-refractivity contribution in [2.45, 2.75) is 12.8 Å². The standard InChI is InChI=1S/C42H10O4S/c1-3-5-7-9-11-13-15-17-19-21-23-25-27-29-31-33-37-45-41(43)35-39-47-40-36-42(44)46-38-34-32-30-28-26-24-22-20-18-16-14-12-10-8-6-4-2/h1-2H,35-36,39-40H2. The van der Waals surface area contributed by atoms with Gasteiger partial charge in [0, 0.05) is 106 Å². The molecule has 4 nitrogen and oxygen atoms in total. The van der Waals surface area contributed by atoms with E-state index in [1.807, 2.05) is 0 Å². The third kappa shape index (κ3) is 33.5. The predicted octanol–water partition coefficient (Wildman–Crippen LogP) is 0.822. The summed E-state index contributed by atoms with van der Waals surface area (Å²) in [5.74, 6) is 76.7. The average molecular weight is 611 g/mol. The van der Waals surface area contributed by atoms with Crippen molar-refractivity contribution in [2.24, 2.45) is 0 Å². The van der Waals surface area contributed by atoms with Gasteiger partial charge in [-0.1, -0.05) is 0 Å². The molecule has 0 saturated carbocycles. The number of carbonyl (C=O) groups is 2. The highest BCUT2D eigenvalue weighted by atomic mass is 32.2. The Morgan fingerprint density at radius 2 is 0.574 bits per heavy atom. The molecule has 0 N–H and O–H groups in total. The number of carbonyl (C=O) groups excluding carboxylic acids is 2. The summed E-state index contributed by atoms with van der Waals surface area (Å²) in [4.78, 5) is 23.3. The van der Waals surface area contributed by atoms with Crippen LogP contribution in [0, 0.1) is 215 Å². The molecule has 0 spiro atoms. The summed E-state index contributed by atoms with van der Waals surface area (Å²) < 4.78 is 9.44. The molecular formula is C42H10O4S. The molecule has 0 unspecified atom stereocenters. The highest BCUT2D eigenvalue weighted by Gasteiger charge is 2.04. The maximum atomic E-state index is 11.6. The van der Waals surface area contributed by atoms with Gasteiger partial charge in [-0.15, -0.1) is 12.8 Å². The minimum absolute atomic E-state index is 0.0932. The van der Waals surface area contributed by atoms with Gasteiger partial charge in [-0.25, -0.2) is 0 Å². The summed E-state index contributed by atoms with van der Waals surface area (Å²) in [6.07, 6.45) is 14.4. The van der Waals surface area contributed by atoms with Crippen molar-refractivity contribution in [3.8, 4) is 215 Å². The molecule has 0 aliphatic rings. The molecule has 0 bridgehead atoms. The molecule has 5 heteroatoms. The molecule has 0 fully saturated rings. The van der Waals surface area contributed by atoms with E-state index in [2.05, 4.69) is 202 Å². The van der Waals surface area contributed by atoms with E-state index in [4.69, 9.17) is 22.3 Å². The normalized spacial score (nSPS) is 5.40. The molecule has 0 aromatic rings. The van der Waals surface area contributed by atoms with E-state index in [1.54, 1.807) is 0 Å². The van der Waals surface area contributed by atoms with Gasteiger partial charge in [-0.05, 0) is 94.7 Å². The largest absolute Gasteiger partial charge is 0.371 e. The van der Waals surface area contributed by atoms with Gasteiger partial charge in [-0.3, -0.25) is 9.59 Å². The maximum absolute atomic E-state index is 11.6. The third-order valence-electron chi connectivity index (χ3n) is 3.23. The van der Waals surface area contributed by atoms with Crippen LogP contribution in [0.4, 0.5) is 0 Å². The highest BCUT2D eigenvalue weighted by molar-refractivity contribution is 7.99. The Labute approximate surface area is 280 Å². The second kappa shape index (κ2) is 33.6. The number of esters is 2. The maximum Gasteiger partial charge on any atom is 0.320 e. The summed E-state index contributed by atoms with van der Waals surface area (Å²) in [7, 11) is 0. The van der Waals surface area contributed by atoms with Crippen molar-refractivity contribution in [3.05, 3.63) is 0 Å². The van der Waals surface area contributed by atoms with Gasteiger partial charge in [-0.2, -0.15) is 11.8 Å². The molecule has 0 heterocycles. The first-order valence-corrected chi connectivity index (χ1v) is 13.2. The summed E-state index contributed by atoms with van der Waals surface area (Å²) in [6.45, 7) is 0. The quantitative estimate of drug-likeness (QED) is 0.254. The highest BCUT2D eigenvalue weighted by Crippen LogP contribution is 2.05. The number of ether oxygens (including phenoxy) is 2. The van der Waals surface area contributed by atoms with E-state index in [0.29, 0.717) is 11.5 Å². The van der Waals surface area contributed by atoms with Gasteiger partial charge in [0.15, 0.2) is 0 Å². The molecule has 0 aliphatic heterocycles. The number of thioether (sulfide) groups is 1. The Morgan fingerprint density at radius 3 is 0.809 bits per heavy atom. The second-order valence-corrected chi connectivity index (χ2v) is 7.53. The van der Waals surface area contributed by atoms with Gasteiger partial charge < -0.3 is 9.47 Å². The molecule has 0 atom stereocenters. The topological polar surface area (TPSA) is 52.6 Å².